The summed E-state index contributed by atoms with van der Waals surface area (Å²) in [5, 5.41) is 0. The summed E-state index contributed by atoms with van der Waals surface area (Å²) >= 11 is 0. The second kappa shape index (κ2) is 11.5. The van der Waals surface area contributed by atoms with Gasteiger partial charge in [-0.3, -0.25) is 4.79 Å². The van der Waals surface area contributed by atoms with Crippen molar-refractivity contribution in [3.05, 3.63) is 65.2 Å². The van der Waals surface area contributed by atoms with Crippen LogP contribution >= 0.6 is 0 Å². The first-order valence-corrected chi connectivity index (χ1v) is 11.9. The Labute approximate surface area is 193 Å². The molecule has 0 aliphatic heterocycles. The first-order valence-electron chi connectivity index (χ1n) is 11.9. The summed E-state index contributed by atoms with van der Waals surface area (Å²) < 4.78 is 10.5. The van der Waals surface area contributed by atoms with E-state index in [1.54, 1.807) is 11.1 Å². The van der Waals surface area contributed by atoms with E-state index < -0.39 is 0 Å². The number of hydrogen-bond donors (Lipinski definition) is 0. The Morgan fingerprint density at radius 1 is 1.12 bits per heavy atom. The van der Waals surface area contributed by atoms with Crippen LogP contribution in [0, 0.1) is 11.8 Å². The van der Waals surface area contributed by atoms with E-state index in [0.29, 0.717) is 25.1 Å². The number of likely N-dealkylation sites (N-methyl/N-ethyl adjacent to an activating group) is 1. The fourth-order valence-corrected chi connectivity index (χ4v) is 5.47. The monoisotopic (exact) mass is 437 g/mol. The molecule has 2 aromatic carbocycles. The number of carbonyl (C=O) groups excluding carboxylic acids is 1. The topological polar surface area (TPSA) is 38.8 Å². The standard InChI is InChI=1S/C23H28O.C5H11NO2/c1-17-7-6-14-23(2)21(17)13-11-19-10-12-20(15-22(19)23)24-16-18-8-4-3-5-9-18;1-6(2)3-4-8-5-7/h3-5,8-10,12,15,17,21H,6-7,11,13-14,16H2,1-2H3;5H,3-4H2,1-2H3. The van der Waals surface area contributed by atoms with Crippen molar-refractivity contribution in [1.82, 2.24) is 4.90 Å². The molecule has 0 saturated heterocycles. The summed E-state index contributed by atoms with van der Waals surface area (Å²) in [5.41, 5.74) is 4.69. The SMILES string of the molecule is CC1CCCC2(C)c3cc(OCc4ccccc4)ccc3CCC12.CN(C)CCOC=O. The van der Waals surface area contributed by atoms with Crippen LogP contribution in [0.2, 0.25) is 0 Å². The Balaban J connectivity index is 0.000000312. The van der Waals surface area contributed by atoms with Crippen LogP contribution in [0.1, 0.15) is 56.2 Å². The first-order chi connectivity index (χ1) is 15.4. The Morgan fingerprint density at radius 2 is 1.91 bits per heavy atom. The van der Waals surface area contributed by atoms with E-state index >= 15 is 0 Å². The fourth-order valence-electron chi connectivity index (χ4n) is 5.47. The summed E-state index contributed by atoms with van der Waals surface area (Å²) in [4.78, 5) is 11.5. The maximum Gasteiger partial charge on any atom is 0.293 e. The largest absolute Gasteiger partial charge is 0.489 e. The average Bonchev–Trinajstić information content (AvgIpc) is 2.79. The van der Waals surface area contributed by atoms with Crippen molar-refractivity contribution in [1.29, 1.82) is 0 Å². The second-order valence-corrected chi connectivity index (χ2v) is 9.80. The molecule has 0 aromatic heterocycles. The molecular formula is C28H39NO3. The van der Waals surface area contributed by atoms with E-state index in [-0.39, 0.29) is 0 Å². The summed E-state index contributed by atoms with van der Waals surface area (Å²) in [6.45, 7) is 7.35. The van der Waals surface area contributed by atoms with Crippen LogP contribution in [0.4, 0.5) is 0 Å². The minimum Gasteiger partial charge on any atom is -0.489 e. The average molecular weight is 438 g/mol. The molecule has 4 rings (SSSR count). The van der Waals surface area contributed by atoms with Gasteiger partial charge in [-0.1, -0.05) is 63.1 Å². The maximum absolute atomic E-state index is 9.55. The smallest absolute Gasteiger partial charge is 0.293 e. The third-order valence-corrected chi connectivity index (χ3v) is 7.25. The number of fused-ring (bicyclic) bond motifs is 3. The van der Waals surface area contributed by atoms with Crippen molar-refractivity contribution in [2.45, 2.75) is 58.0 Å². The highest BCUT2D eigenvalue weighted by Crippen LogP contribution is 2.52. The lowest BCUT2D eigenvalue weighted by molar-refractivity contribution is -0.128. The molecule has 1 fully saturated rings. The normalized spacial score (nSPS) is 23.9. The highest BCUT2D eigenvalue weighted by Gasteiger charge is 2.44. The van der Waals surface area contributed by atoms with E-state index in [1.807, 2.05) is 25.1 Å². The number of rotatable bonds is 7. The van der Waals surface area contributed by atoms with Crippen molar-refractivity contribution in [3.63, 3.8) is 0 Å². The van der Waals surface area contributed by atoms with E-state index in [0.717, 1.165) is 24.1 Å². The maximum atomic E-state index is 9.55. The van der Waals surface area contributed by atoms with Gasteiger partial charge in [0.05, 0.1) is 0 Å². The zero-order chi connectivity index (χ0) is 23.0. The molecule has 32 heavy (non-hydrogen) atoms. The Kier molecular flexibility index (Phi) is 8.75. The van der Waals surface area contributed by atoms with Crippen LogP contribution in [-0.2, 0) is 28.0 Å². The van der Waals surface area contributed by atoms with E-state index in [9.17, 15) is 4.79 Å². The molecule has 2 aromatic rings. The van der Waals surface area contributed by atoms with Gasteiger partial charge in [-0.15, -0.1) is 0 Å². The molecule has 174 valence electrons. The molecule has 0 amide bonds. The zero-order valence-electron chi connectivity index (χ0n) is 20.2. The number of carbonyl (C=O) groups is 1. The number of aryl methyl sites for hydroxylation is 1. The van der Waals surface area contributed by atoms with Crippen molar-refractivity contribution < 1.29 is 14.3 Å². The van der Waals surface area contributed by atoms with E-state index in [1.165, 1.54) is 37.7 Å². The van der Waals surface area contributed by atoms with Gasteiger partial charge < -0.3 is 14.4 Å². The highest BCUT2D eigenvalue weighted by molar-refractivity contribution is 5.43. The van der Waals surface area contributed by atoms with E-state index in [4.69, 9.17) is 4.74 Å². The molecule has 0 radical (unpaired) electrons. The molecular weight excluding hydrogens is 398 g/mol. The van der Waals surface area contributed by atoms with Crippen LogP contribution in [0.5, 0.6) is 5.75 Å². The summed E-state index contributed by atoms with van der Waals surface area (Å²) in [6, 6.07) is 17.3. The molecule has 4 nitrogen and oxygen atoms in total. The number of hydrogen-bond acceptors (Lipinski definition) is 4. The van der Waals surface area contributed by atoms with Crippen molar-refractivity contribution in [2.24, 2.45) is 11.8 Å². The third kappa shape index (κ3) is 6.13. The number of benzene rings is 2. The van der Waals surface area contributed by atoms with Crippen LogP contribution in [-0.4, -0.2) is 38.6 Å². The Morgan fingerprint density at radius 3 is 2.62 bits per heavy atom. The first kappa shape index (κ1) is 24.3. The van der Waals surface area contributed by atoms with E-state index in [2.05, 4.69) is 61.0 Å². The number of ether oxygens (including phenoxy) is 2. The summed E-state index contributed by atoms with van der Waals surface area (Å²) in [5.74, 6) is 2.71. The molecule has 0 N–H and O–H groups in total. The molecule has 0 spiro atoms. The predicted octanol–water partition coefficient (Wildman–Crippen LogP) is 5.63. The fraction of sp³-hybridized carbons (Fsp3) is 0.536. The molecule has 0 heterocycles. The lowest BCUT2D eigenvalue weighted by atomic mass is 9.55. The Hall–Kier alpha value is -2.33. The van der Waals surface area contributed by atoms with Crippen LogP contribution in [0.25, 0.3) is 0 Å². The molecule has 3 unspecified atom stereocenters. The second-order valence-electron chi connectivity index (χ2n) is 9.80. The van der Waals surface area contributed by atoms with Crippen LogP contribution in [0.3, 0.4) is 0 Å². The van der Waals surface area contributed by atoms with Gasteiger partial charge in [0, 0.05) is 6.54 Å². The third-order valence-electron chi connectivity index (χ3n) is 7.25. The lowest BCUT2D eigenvalue weighted by Gasteiger charge is -2.49. The molecule has 1 saturated carbocycles. The zero-order valence-corrected chi connectivity index (χ0v) is 20.2. The van der Waals surface area contributed by atoms with Gasteiger partial charge in [-0.2, -0.15) is 0 Å². The van der Waals surface area contributed by atoms with Gasteiger partial charge >= 0.3 is 0 Å². The van der Waals surface area contributed by atoms with Crippen LogP contribution in [0.15, 0.2) is 48.5 Å². The van der Waals surface area contributed by atoms with Crippen molar-refractivity contribution in [2.75, 3.05) is 27.2 Å². The molecule has 0 bridgehead atoms. The highest BCUT2D eigenvalue weighted by atomic mass is 16.5. The number of nitrogens with zero attached hydrogens (tertiary/aromatic N) is 1. The molecule has 3 atom stereocenters. The Bertz CT molecular complexity index is 851. The van der Waals surface area contributed by atoms with Gasteiger partial charge in [-0.05, 0) is 79.4 Å². The minimum absolute atomic E-state index is 0.345. The van der Waals surface area contributed by atoms with Crippen molar-refractivity contribution >= 4 is 6.47 Å². The predicted molar refractivity (Wildman–Crippen MR) is 130 cm³/mol. The van der Waals surface area contributed by atoms with Crippen LogP contribution < -0.4 is 4.74 Å². The molecule has 4 heteroatoms. The van der Waals surface area contributed by atoms with Gasteiger partial charge in [0.25, 0.3) is 6.47 Å². The molecule has 2 aliphatic carbocycles. The quantitative estimate of drug-likeness (QED) is 0.416. The van der Waals surface area contributed by atoms with Gasteiger partial charge in [0.15, 0.2) is 0 Å². The van der Waals surface area contributed by atoms with Gasteiger partial charge in [0.1, 0.15) is 19.0 Å². The van der Waals surface area contributed by atoms with Gasteiger partial charge in [-0.25, -0.2) is 0 Å². The minimum atomic E-state index is 0.345. The summed E-state index contributed by atoms with van der Waals surface area (Å²) in [6.07, 6.45) is 6.69. The lowest BCUT2D eigenvalue weighted by Crippen LogP contribution is -2.43. The van der Waals surface area contributed by atoms with Crippen molar-refractivity contribution in [3.8, 4) is 5.75 Å². The summed E-state index contributed by atoms with van der Waals surface area (Å²) in [7, 11) is 3.85. The van der Waals surface area contributed by atoms with Gasteiger partial charge in [0.2, 0.25) is 0 Å². The molecule has 2 aliphatic rings.